The van der Waals surface area contributed by atoms with Crippen molar-refractivity contribution in [3.8, 4) is 22.1 Å². The van der Waals surface area contributed by atoms with Crippen molar-refractivity contribution in [3.05, 3.63) is 106 Å². The predicted octanol–water partition coefficient (Wildman–Crippen LogP) is 7.66. The van der Waals surface area contributed by atoms with E-state index in [4.69, 9.17) is 21.4 Å². The lowest BCUT2D eigenvalue weighted by Gasteiger charge is -2.47. The molecule has 0 spiro atoms. The summed E-state index contributed by atoms with van der Waals surface area (Å²) < 4.78 is 7.91. The summed E-state index contributed by atoms with van der Waals surface area (Å²) in [6.07, 6.45) is 6.01. The van der Waals surface area contributed by atoms with Gasteiger partial charge < -0.3 is 14.9 Å². The molecule has 12 nitrogen and oxygen atoms in total. The Morgan fingerprint density at radius 1 is 1.00 bits per heavy atom. The number of nitrogens with zero attached hydrogens (tertiary/aromatic N) is 4. The van der Waals surface area contributed by atoms with E-state index >= 15 is 4.79 Å². The number of aromatic nitrogens is 2. The zero-order valence-electron chi connectivity index (χ0n) is 31.8. The molecule has 294 valence electrons. The Morgan fingerprint density at radius 3 is 2.55 bits per heavy atom. The topological polar surface area (TPSA) is 159 Å². The Labute approximate surface area is 341 Å². The van der Waals surface area contributed by atoms with Crippen molar-refractivity contribution in [1.82, 2.24) is 9.78 Å². The monoisotopic (exact) mass is 816 g/mol. The van der Waals surface area contributed by atoms with Crippen LogP contribution in [0.4, 0.5) is 11.5 Å². The summed E-state index contributed by atoms with van der Waals surface area (Å²) in [5.74, 6) is -6.05. The van der Waals surface area contributed by atoms with Gasteiger partial charge in [-0.3, -0.25) is 28.8 Å². The number of allylic oxidation sites excluding steroid dienone is 3. The summed E-state index contributed by atoms with van der Waals surface area (Å²) in [7, 11) is 3.14. The average Bonchev–Trinajstić information content (AvgIpc) is 3.88. The molecule has 4 aliphatic rings. The van der Waals surface area contributed by atoms with Crippen LogP contribution < -0.4 is 14.5 Å². The summed E-state index contributed by atoms with van der Waals surface area (Å²) >= 11 is 7.86. The minimum Gasteiger partial charge on any atom is -0.504 e. The molecule has 3 fully saturated rings. The number of phenolic OH excluding ortho intramolecular Hbond substituents is 1. The normalized spacial score (nSPS) is 25.4. The van der Waals surface area contributed by atoms with Gasteiger partial charge in [0.25, 0.3) is 0 Å². The summed E-state index contributed by atoms with van der Waals surface area (Å²) in [6.45, 7) is 3.79. The van der Waals surface area contributed by atoms with Crippen LogP contribution in [0.1, 0.15) is 41.3 Å². The number of aromatic carboxylic acids is 1. The maximum atomic E-state index is 15.1. The minimum atomic E-state index is -1.29. The lowest BCUT2D eigenvalue weighted by molar-refractivity contribution is -0.132. The second-order valence-electron chi connectivity index (χ2n) is 15.6. The third-order valence-electron chi connectivity index (χ3n) is 12.6. The van der Waals surface area contributed by atoms with Gasteiger partial charge in [0.1, 0.15) is 11.5 Å². The Bertz CT molecular complexity index is 2720. The zero-order valence-corrected chi connectivity index (χ0v) is 33.4. The van der Waals surface area contributed by atoms with Gasteiger partial charge in [-0.2, -0.15) is 5.10 Å². The second kappa shape index (κ2) is 13.5. The zero-order chi connectivity index (χ0) is 40.9. The number of methoxy groups -OCH3 is 1. The van der Waals surface area contributed by atoms with E-state index < -0.39 is 64.6 Å². The van der Waals surface area contributed by atoms with E-state index in [-0.39, 0.29) is 35.6 Å². The number of hydrogen-bond donors (Lipinski definition) is 2. The van der Waals surface area contributed by atoms with Crippen molar-refractivity contribution in [1.29, 1.82) is 0 Å². The van der Waals surface area contributed by atoms with Crippen LogP contribution in [0.15, 0.2) is 84.5 Å². The van der Waals surface area contributed by atoms with Crippen LogP contribution >= 0.6 is 22.9 Å². The number of amides is 4. The molecule has 2 aliphatic carbocycles. The lowest BCUT2D eigenvalue weighted by Crippen LogP contribution is -2.49. The molecule has 2 aromatic heterocycles. The molecule has 58 heavy (non-hydrogen) atoms. The van der Waals surface area contributed by atoms with E-state index in [0.29, 0.717) is 22.1 Å². The molecular formula is C44H37ClN4O8S. The van der Waals surface area contributed by atoms with Crippen molar-refractivity contribution in [3.63, 3.8) is 0 Å². The number of halogens is 1. The molecule has 2 N–H and O–H groups in total. The van der Waals surface area contributed by atoms with E-state index in [9.17, 15) is 29.4 Å². The highest BCUT2D eigenvalue weighted by Gasteiger charge is 2.67. The largest absolute Gasteiger partial charge is 0.504 e. The first-order valence-electron chi connectivity index (χ1n) is 18.8. The number of hydrogen-bond acceptors (Lipinski definition) is 9. The summed E-state index contributed by atoms with van der Waals surface area (Å²) in [4.78, 5) is 73.5. The smallest absolute Gasteiger partial charge is 0.335 e. The summed E-state index contributed by atoms with van der Waals surface area (Å²) in [5, 5.41) is 26.3. The Kier molecular flexibility index (Phi) is 8.75. The number of thiophene rings is 1. The molecule has 0 radical (unpaired) electrons. The fraction of sp³-hybridized carbons (Fsp3) is 0.273. The van der Waals surface area contributed by atoms with Crippen LogP contribution in [0.25, 0.3) is 26.7 Å². The predicted molar refractivity (Wildman–Crippen MR) is 219 cm³/mol. The standard InChI is InChI=1S/C44H37ClN4O8S/c1-21-28-18-24(45)10-15-35(28)58-38(21)32-20-36(47(3)46-32)49-40(52)31-19-29-26(30(44(31,2)43(49)56)13-8-22-9-14-33(50)34(16-22)57-4)11-12-27-37(29)41(53)48(39(27)51)25-7-5-6-23(17-25)42(54)55/h5-11,13-18,20,27,29-31,37,50H,12,19H2,1-4H3,(H,54,55). The number of ether oxygens (including phenoxy) is 1. The number of carboxylic acid groups (broad SMARTS) is 1. The van der Waals surface area contributed by atoms with Gasteiger partial charge in [-0.1, -0.05) is 47.5 Å². The molecule has 2 aliphatic heterocycles. The Morgan fingerprint density at radius 2 is 1.79 bits per heavy atom. The van der Waals surface area contributed by atoms with E-state index in [1.54, 1.807) is 48.2 Å². The number of carbonyl (C=O) groups is 5. The van der Waals surface area contributed by atoms with Crippen LogP contribution in [-0.2, 0) is 26.2 Å². The number of anilines is 2. The number of benzene rings is 3. The lowest BCUT2D eigenvalue weighted by atomic mass is 9.52. The molecule has 6 unspecified atom stereocenters. The number of phenols is 1. The van der Waals surface area contributed by atoms with Crippen LogP contribution in [-0.4, -0.2) is 56.7 Å². The van der Waals surface area contributed by atoms with Gasteiger partial charge in [-0.15, -0.1) is 11.3 Å². The number of imide groups is 2. The highest BCUT2D eigenvalue weighted by molar-refractivity contribution is 7.22. The van der Waals surface area contributed by atoms with Crippen LogP contribution in [0.3, 0.4) is 0 Å². The van der Waals surface area contributed by atoms with Gasteiger partial charge in [-0.25, -0.2) is 9.69 Å². The van der Waals surface area contributed by atoms with Gasteiger partial charge >= 0.3 is 5.97 Å². The molecule has 2 saturated heterocycles. The van der Waals surface area contributed by atoms with Crippen LogP contribution in [0.2, 0.25) is 5.02 Å². The van der Waals surface area contributed by atoms with E-state index in [1.165, 1.54) is 42.3 Å². The van der Waals surface area contributed by atoms with Crippen molar-refractivity contribution in [2.24, 2.45) is 42.1 Å². The van der Waals surface area contributed by atoms with Crippen molar-refractivity contribution < 1.29 is 38.9 Å². The molecule has 9 rings (SSSR count). The van der Waals surface area contributed by atoms with Gasteiger partial charge in [0.05, 0.1) is 46.4 Å². The highest BCUT2D eigenvalue weighted by Crippen LogP contribution is 2.61. The van der Waals surface area contributed by atoms with Gasteiger partial charge in [0.2, 0.25) is 23.6 Å². The van der Waals surface area contributed by atoms with E-state index in [2.05, 4.69) is 0 Å². The number of carboxylic acids is 1. The number of aromatic hydroxyl groups is 1. The number of rotatable bonds is 7. The maximum Gasteiger partial charge on any atom is 0.335 e. The Balaban J connectivity index is 1.13. The fourth-order valence-electron chi connectivity index (χ4n) is 9.69. The molecule has 6 atom stereocenters. The number of aryl methyl sites for hydroxylation is 2. The van der Waals surface area contributed by atoms with Crippen molar-refractivity contribution in [2.75, 3.05) is 16.9 Å². The molecule has 1 saturated carbocycles. The average molecular weight is 817 g/mol. The molecule has 3 aromatic carbocycles. The molecule has 0 bridgehead atoms. The van der Waals surface area contributed by atoms with Gasteiger partial charge in [-0.05, 0) is 97.7 Å². The SMILES string of the molecule is COc1cc(C=CC2C3=CCC4C(=O)N(c5cccc(C(=O)O)c5)C(=O)C4C3CC3C(=O)N(c4cc(-c5sc6ccc(Cl)cc6c5C)nn4C)C(=O)C23C)ccc1O. The van der Waals surface area contributed by atoms with Crippen LogP contribution in [0.5, 0.6) is 11.5 Å². The quantitative estimate of drug-likeness (QED) is 0.124. The maximum absolute atomic E-state index is 15.1. The highest BCUT2D eigenvalue weighted by atomic mass is 35.5. The Hall–Kier alpha value is -6.05. The van der Waals surface area contributed by atoms with Crippen molar-refractivity contribution in [2.45, 2.75) is 26.7 Å². The molecular weight excluding hydrogens is 780 g/mol. The van der Waals surface area contributed by atoms with Gasteiger partial charge in [0, 0.05) is 28.8 Å². The van der Waals surface area contributed by atoms with E-state index in [0.717, 1.165) is 31.0 Å². The third-order valence-corrected chi connectivity index (χ3v) is 14.1. The fourth-order valence-corrected chi connectivity index (χ4v) is 11.0. The third kappa shape index (κ3) is 5.47. The van der Waals surface area contributed by atoms with E-state index in [1.807, 2.05) is 43.4 Å². The number of carbonyl (C=O) groups excluding carboxylic acids is 4. The first-order valence-corrected chi connectivity index (χ1v) is 20.0. The van der Waals surface area contributed by atoms with Crippen LogP contribution in [0, 0.1) is 41.9 Å². The summed E-state index contributed by atoms with van der Waals surface area (Å²) in [6, 6.07) is 18.1. The van der Waals surface area contributed by atoms with Crippen molar-refractivity contribution >= 4 is 80.2 Å². The number of fused-ring (bicyclic) bond motifs is 5. The first-order chi connectivity index (χ1) is 27.7. The molecule has 4 heterocycles. The second-order valence-corrected chi connectivity index (χ2v) is 17.1. The minimum absolute atomic E-state index is 0.0364. The molecule has 5 aromatic rings. The summed E-state index contributed by atoms with van der Waals surface area (Å²) in [5.41, 5.74) is 1.87. The first kappa shape index (κ1) is 37.5. The van der Waals surface area contributed by atoms with Gasteiger partial charge in [0.15, 0.2) is 11.5 Å². The molecule has 14 heteroatoms. The molecule has 4 amide bonds.